The zero-order valence-electron chi connectivity index (χ0n) is 8.61. The van der Waals surface area contributed by atoms with E-state index in [0.717, 1.165) is 16.7 Å². The Bertz CT molecular complexity index is 324. The molecule has 0 radical (unpaired) electrons. The van der Waals surface area contributed by atoms with Gasteiger partial charge >= 0.3 is 5.97 Å². The van der Waals surface area contributed by atoms with E-state index < -0.39 is 5.97 Å². The lowest BCUT2D eigenvalue weighted by Crippen LogP contribution is -2.25. The van der Waals surface area contributed by atoms with Crippen molar-refractivity contribution in [2.75, 3.05) is 18.0 Å². The molecule has 82 valence electrons. The highest BCUT2D eigenvalue weighted by Gasteiger charge is 2.06. The summed E-state index contributed by atoms with van der Waals surface area (Å²) in [5.41, 5.74) is 1.06. The van der Waals surface area contributed by atoms with E-state index >= 15 is 0 Å². The Kier molecular flexibility index (Phi) is 4.62. The van der Waals surface area contributed by atoms with E-state index in [0.29, 0.717) is 6.54 Å². The Hall–Kier alpha value is -1.03. The van der Waals surface area contributed by atoms with Gasteiger partial charge in [-0.1, -0.05) is 15.9 Å². The quantitative estimate of drug-likeness (QED) is 0.896. The summed E-state index contributed by atoms with van der Waals surface area (Å²) in [6.45, 7) is 3.38. The molecule has 0 amide bonds. The van der Waals surface area contributed by atoms with Crippen LogP contribution < -0.4 is 4.90 Å². The van der Waals surface area contributed by atoms with E-state index in [1.165, 1.54) is 0 Å². The Balaban J connectivity index is 2.65. The number of nitrogens with zero attached hydrogens (tertiary/aromatic N) is 1. The molecule has 1 rings (SSSR count). The fourth-order valence-corrected chi connectivity index (χ4v) is 1.62. The van der Waals surface area contributed by atoms with Gasteiger partial charge < -0.3 is 10.0 Å². The molecule has 1 N–H and O–H groups in total. The highest BCUT2D eigenvalue weighted by atomic mass is 79.9. The van der Waals surface area contributed by atoms with Gasteiger partial charge in [0.2, 0.25) is 0 Å². The molecular weight excluding hydrogens is 258 g/mol. The molecule has 1 aromatic rings. The minimum Gasteiger partial charge on any atom is -0.481 e. The van der Waals surface area contributed by atoms with Gasteiger partial charge in [0.25, 0.3) is 0 Å². The van der Waals surface area contributed by atoms with Crippen LogP contribution >= 0.6 is 15.9 Å². The number of hydrogen-bond acceptors (Lipinski definition) is 2. The van der Waals surface area contributed by atoms with E-state index in [4.69, 9.17) is 5.11 Å². The molecule has 0 aliphatic rings. The largest absolute Gasteiger partial charge is 0.481 e. The molecule has 0 aliphatic heterocycles. The topological polar surface area (TPSA) is 40.5 Å². The molecule has 0 unspecified atom stereocenters. The summed E-state index contributed by atoms with van der Waals surface area (Å²) in [6.07, 6.45) is 0.171. The molecule has 3 nitrogen and oxygen atoms in total. The molecule has 0 spiro atoms. The summed E-state index contributed by atoms with van der Waals surface area (Å²) in [6, 6.07) is 7.88. The molecule has 15 heavy (non-hydrogen) atoms. The van der Waals surface area contributed by atoms with E-state index in [-0.39, 0.29) is 6.42 Å². The fraction of sp³-hybridized carbons (Fsp3) is 0.364. The van der Waals surface area contributed by atoms with Crippen LogP contribution in [0.25, 0.3) is 0 Å². The summed E-state index contributed by atoms with van der Waals surface area (Å²) in [4.78, 5) is 12.5. The molecule has 0 saturated carbocycles. The van der Waals surface area contributed by atoms with Crippen LogP contribution in [-0.2, 0) is 4.79 Å². The summed E-state index contributed by atoms with van der Waals surface area (Å²) in [5.74, 6) is -0.759. The number of carbonyl (C=O) groups is 1. The van der Waals surface area contributed by atoms with E-state index in [1.54, 1.807) is 0 Å². The van der Waals surface area contributed by atoms with Gasteiger partial charge in [0, 0.05) is 23.2 Å². The van der Waals surface area contributed by atoms with Crippen LogP contribution in [0.4, 0.5) is 5.69 Å². The first-order chi connectivity index (χ1) is 7.13. The van der Waals surface area contributed by atoms with Crippen LogP contribution in [0.15, 0.2) is 28.7 Å². The number of hydrogen-bond donors (Lipinski definition) is 1. The minimum absolute atomic E-state index is 0.171. The maximum absolute atomic E-state index is 10.5. The Labute approximate surface area is 97.8 Å². The first-order valence-electron chi connectivity index (χ1n) is 4.85. The number of aliphatic carboxylic acids is 1. The molecular formula is C11H14BrNO2. The Morgan fingerprint density at radius 1 is 1.40 bits per heavy atom. The highest BCUT2D eigenvalue weighted by Crippen LogP contribution is 2.18. The molecule has 4 heteroatoms. The van der Waals surface area contributed by atoms with Crippen molar-refractivity contribution in [2.45, 2.75) is 13.3 Å². The maximum atomic E-state index is 10.5. The van der Waals surface area contributed by atoms with Crippen molar-refractivity contribution in [1.29, 1.82) is 0 Å². The molecule has 0 bridgehead atoms. The average Bonchev–Trinajstić information content (AvgIpc) is 2.21. The number of carboxylic acids is 1. The molecule has 0 atom stereocenters. The van der Waals surface area contributed by atoms with Crippen molar-refractivity contribution in [3.8, 4) is 0 Å². The number of rotatable bonds is 5. The van der Waals surface area contributed by atoms with E-state index in [1.807, 2.05) is 36.1 Å². The van der Waals surface area contributed by atoms with Crippen LogP contribution in [0.3, 0.4) is 0 Å². The number of benzene rings is 1. The molecule has 0 heterocycles. The van der Waals surface area contributed by atoms with Gasteiger partial charge in [0.1, 0.15) is 0 Å². The van der Waals surface area contributed by atoms with Gasteiger partial charge in [0.15, 0.2) is 0 Å². The van der Waals surface area contributed by atoms with E-state index in [9.17, 15) is 4.79 Å². The van der Waals surface area contributed by atoms with Crippen LogP contribution in [0, 0.1) is 0 Å². The first kappa shape index (κ1) is 12.0. The lowest BCUT2D eigenvalue weighted by Gasteiger charge is -2.22. The zero-order valence-corrected chi connectivity index (χ0v) is 10.2. The minimum atomic E-state index is -0.759. The number of anilines is 1. The SMILES string of the molecule is CCN(CCC(=O)O)c1ccc(Br)cc1. The lowest BCUT2D eigenvalue weighted by molar-refractivity contribution is -0.136. The van der Waals surface area contributed by atoms with Crippen molar-refractivity contribution in [3.63, 3.8) is 0 Å². The summed E-state index contributed by atoms with van der Waals surface area (Å²) < 4.78 is 1.03. The molecule has 0 aromatic heterocycles. The predicted octanol–water partition coefficient (Wildman–Crippen LogP) is 2.75. The van der Waals surface area contributed by atoms with Crippen molar-refractivity contribution >= 4 is 27.6 Å². The summed E-state index contributed by atoms with van der Waals surface area (Å²) in [5, 5.41) is 8.61. The van der Waals surface area contributed by atoms with Gasteiger partial charge in [-0.2, -0.15) is 0 Å². The molecule has 0 aliphatic carbocycles. The van der Waals surface area contributed by atoms with Gasteiger partial charge in [0.05, 0.1) is 6.42 Å². The second-order valence-electron chi connectivity index (χ2n) is 3.20. The molecule has 1 aromatic carbocycles. The van der Waals surface area contributed by atoms with Crippen molar-refractivity contribution in [2.24, 2.45) is 0 Å². The normalized spacial score (nSPS) is 10.0. The second kappa shape index (κ2) is 5.75. The van der Waals surface area contributed by atoms with Crippen molar-refractivity contribution < 1.29 is 9.90 Å². The third-order valence-electron chi connectivity index (χ3n) is 2.17. The summed E-state index contributed by atoms with van der Waals surface area (Å²) in [7, 11) is 0. The molecule has 0 fully saturated rings. The summed E-state index contributed by atoms with van der Waals surface area (Å²) >= 11 is 3.37. The molecule has 0 saturated heterocycles. The van der Waals surface area contributed by atoms with Gasteiger partial charge in [-0.3, -0.25) is 4.79 Å². The van der Waals surface area contributed by atoms with Crippen molar-refractivity contribution in [1.82, 2.24) is 0 Å². The van der Waals surface area contributed by atoms with E-state index in [2.05, 4.69) is 15.9 Å². The third-order valence-corrected chi connectivity index (χ3v) is 2.70. The van der Waals surface area contributed by atoms with Crippen LogP contribution in [0.1, 0.15) is 13.3 Å². The number of halogens is 1. The standard InChI is InChI=1S/C11H14BrNO2/c1-2-13(8-7-11(14)15)10-5-3-9(12)4-6-10/h3-6H,2,7-8H2,1H3,(H,14,15). The Morgan fingerprint density at radius 2 is 2.00 bits per heavy atom. The fourth-order valence-electron chi connectivity index (χ4n) is 1.35. The van der Waals surface area contributed by atoms with Gasteiger partial charge in [-0.05, 0) is 31.2 Å². The maximum Gasteiger partial charge on any atom is 0.305 e. The Morgan fingerprint density at radius 3 is 2.47 bits per heavy atom. The third kappa shape index (κ3) is 3.91. The first-order valence-corrected chi connectivity index (χ1v) is 5.65. The van der Waals surface area contributed by atoms with Crippen molar-refractivity contribution in [3.05, 3.63) is 28.7 Å². The van der Waals surface area contributed by atoms with Crippen LogP contribution in [0.5, 0.6) is 0 Å². The second-order valence-corrected chi connectivity index (χ2v) is 4.12. The number of carboxylic acid groups (broad SMARTS) is 1. The predicted molar refractivity (Wildman–Crippen MR) is 64.3 cm³/mol. The highest BCUT2D eigenvalue weighted by molar-refractivity contribution is 9.10. The average molecular weight is 272 g/mol. The zero-order chi connectivity index (χ0) is 11.3. The monoisotopic (exact) mass is 271 g/mol. The van der Waals surface area contributed by atoms with Gasteiger partial charge in [-0.15, -0.1) is 0 Å². The van der Waals surface area contributed by atoms with Crippen LogP contribution in [-0.4, -0.2) is 24.2 Å². The lowest BCUT2D eigenvalue weighted by atomic mass is 10.2. The smallest absolute Gasteiger partial charge is 0.305 e. The van der Waals surface area contributed by atoms with Gasteiger partial charge in [-0.25, -0.2) is 0 Å². The van der Waals surface area contributed by atoms with Crippen LogP contribution in [0.2, 0.25) is 0 Å².